The highest BCUT2D eigenvalue weighted by atomic mass is 32.1. The first kappa shape index (κ1) is 12.2. The van der Waals surface area contributed by atoms with Gasteiger partial charge >= 0.3 is 0 Å². The van der Waals surface area contributed by atoms with Gasteiger partial charge in [-0.25, -0.2) is 9.37 Å². The Kier molecular flexibility index (Phi) is 2.98. The number of thiophene rings is 1. The normalized spacial score (nSPS) is 12.9. The third kappa shape index (κ3) is 2.21. The van der Waals surface area contributed by atoms with Gasteiger partial charge in [-0.2, -0.15) is 0 Å². The van der Waals surface area contributed by atoms with Crippen LogP contribution in [0.1, 0.15) is 17.8 Å². The molecule has 3 rings (SSSR count). The molecule has 98 valence electrons. The van der Waals surface area contributed by atoms with E-state index in [1.807, 2.05) is 10.6 Å². The van der Waals surface area contributed by atoms with E-state index in [0.29, 0.717) is 5.95 Å². The third-order valence-electron chi connectivity index (χ3n) is 3.20. The molecule has 0 saturated heterocycles. The SMILES string of the molecule is CC(Cc1cccs1)n1c(N)nc2ccc(F)cc21. The smallest absolute Gasteiger partial charge is 0.201 e. The molecule has 0 saturated carbocycles. The van der Waals surface area contributed by atoms with E-state index in [4.69, 9.17) is 5.73 Å². The molecule has 19 heavy (non-hydrogen) atoms. The minimum atomic E-state index is -0.267. The zero-order chi connectivity index (χ0) is 13.4. The van der Waals surface area contributed by atoms with E-state index in [0.717, 1.165) is 17.5 Å². The molecule has 0 aliphatic carbocycles. The fraction of sp³-hybridized carbons (Fsp3) is 0.214. The van der Waals surface area contributed by atoms with Crippen LogP contribution in [-0.2, 0) is 6.42 Å². The lowest BCUT2D eigenvalue weighted by Crippen LogP contribution is -2.10. The van der Waals surface area contributed by atoms with Gasteiger partial charge in [-0.3, -0.25) is 0 Å². The number of nitrogen functional groups attached to an aromatic ring is 1. The summed E-state index contributed by atoms with van der Waals surface area (Å²) in [6, 6.07) is 8.83. The van der Waals surface area contributed by atoms with Crippen molar-refractivity contribution in [2.45, 2.75) is 19.4 Å². The lowest BCUT2D eigenvalue weighted by atomic mass is 10.2. The van der Waals surface area contributed by atoms with Crippen molar-refractivity contribution in [1.29, 1.82) is 0 Å². The third-order valence-corrected chi connectivity index (χ3v) is 4.10. The number of hydrogen-bond acceptors (Lipinski definition) is 3. The number of anilines is 1. The van der Waals surface area contributed by atoms with Crippen LogP contribution in [0, 0.1) is 5.82 Å². The van der Waals surface area contributed by atoms with Crippen LogP contribution in [0.2, 0.25) is 0 Å². The molecule has 0 aliphatic rings. The Morgan fingerprint density at radius 3 is 3.00 bits per heavy atom. The Labute approximate surface area is 114 Å². The summed E-state index contributed by atoms with van der Waals surface area (Å²) >= 11 is 1.71. The highest BCUT2D eigenvalue weighted by molar-refractivity contribution is 7.09. The average Bonchev–Trinajstić information content (AvgIpc) is 2.95. The second kappa shape index (κ2) is 4.66. The van der Waals surface area contributed by atoms with Gasteiger partial charge in [-0.15, -0.1) is 11.3 Å². The van der Waals surface area contributed by atoms with Crippen molar-refractivity contribution in [1.82, 2.24) is 9.55 Å². The van der Waals surface area contributed by atoms with Crippen LogP contribution in [0.15, 0.2) is 35.7 Å². The van der Waals surface area contributed by atoms with Gasteiger partial charge in [0.05, 0.1) is 11.0 Å². The largest absolute Gasteiger partial charge is 0.369 e. The van der Waals surface area contributed by atoms with Gasteiger partial charge in [0, 0.05) is 17.3 Å². The second-order valence-corrected chi connectivity index (χ2v) is 5.64. The topological polar surface area (TPSA) is 43.8 Å². The molecule has 0 fully saturated rings. The van der Waals surface area contributed by atoms with E-state index in [1.54, 1.807) is 17.4 Å². The average molecular weight is 275 g/mol. The van der Waals surface area contributed by atoms with Crippen molar-refractivity contribution in [3.05, 3.63) is 46.4 Å². The van der Waals surface area contributed by atoms with Crippen LogP contribution in [0.25, 0.3) is 11.0 Å². The fourth-order valence-electron chi connectivity index (χ4n) is 2.36. The van der Waals surface area contributed by atoms with Crippen molar-refractivity contribution in [3.8, 4) is 0 Å². The number of aromatic nitrogens is 2. The standard InChI is InChI=1S/C14H14FN3S/c1-9(7-11-3-2-6-19-11)18-13-8-10(15)4-5-12(13)17-14(18)16/h2-6,8-9H,7H2,1H3,(H2,16,17). The zero-order valence-corrected chi connectivity index (χ0v) is 11.3. The maximum atomic E-state index is 13.4. The highest BCUT2D eigenvalue weighted by Crippen LogP contribution is 2.26. The summed E-state index contributed by atoms with van der Waals surface area (Å²) in [5.74, 6) is 0.168. The molecule has 3 aromatic rings. The van der Waals surface area contributed by atoms with Gasteiger partial charge < -0.3 is 10.3 Å². The Morgan fingerprint density at radius 2 is 2.26 bits per heavy atom. The first-order valence-corrected chi connectivity index (χ1v) is 6.98. The van der Waals surface area contributed by atoms with Crippen molar-refractivity contribution in [3.63, 3.8) is 0 Å². The molecule has 2 N–H and O–H groups in total. The maximum absolute atomic E-state index is 13.4. The van der Waals surface area contributed by atoms with E-state index < -0.39 is 0 Å². The summed E-state index contributed by atoms with van der Waals surface area (Å²) in [4.78, 5) is 5.56. The van der Waals surface area contributed by atoms with E-state index in [9.17, 15) is 4.39 Å². The number of nitrogens with two attached hydrogens (primary N) is 1. The quantitative estimate of drug-likeness (QED) is 0.793. The maximum Gasteiger partial charge on any atom is 0.201 e. The lowest BCUT2D eigenvalue weighted by molar-refractivity contribution is 0.568. The summed E-state index contributed by atoms with van der Waals surface area (Å²) in [6.07, 6.45) is 0.865. The van der Waals surface area contributed by atoms with Gasteiger partial charge in [0.15, 0.2) is 0 Å². The highest BCUT2D eigenvalue weighted by Gasteiger charge is 2.15. The predicted octanol–water partition coefficient (Wildman–Crippen LogP) is 3.62. The number of halogens is 1. The van der Waals surface area contributed by atoms with Crippen molar-refractivity contribution in [2.24, 2.45) is 0 Å². The molecule has 0 spiro atoms. The molecule has 2 heterocycles. The number of rotatable bonds is 3. The summed E-state index contributed by atoms with van der Waals surface area (Å²) in [5, 5.41) is 2.05. The number of imidazole rings is 1. The monoisotopic (exact) mass is 275 g/mol. The minimum Gasteiger partial charge on any atom is -0.369 e. The van der Waals surface area contributed by atoms with Crippen molar-refractivity contribution < 1.29 is 4.39 Å². The van der Waals surface area contributed by atoms with Crippen LogP contribution in [-0.4, -0.2) is 9.55 Å². The summed E-state index contributed by atoms with van der Waals surface area (Å²) in [6.45, 7) is 2.07. The molecule has 1 aromatic carbocycles. The fourth-order valence-corrected chi connectivity index (χ4v) is 3.19. The predicted molar refractivity (Wildman–Crippen MR) is 76.8 cm³/mol. The van der Waals surface area contributed by atoms with Crippen molar-refractivity contribution >= 4 is 28.3 Å². The molecule has 0 bridgehead atoms. The van der Waals surface area contributed by atoms with Crippen LogP contribution < -0.4 is 5.73 Å². The first-order chi connectivity index (χ1) is 9.15. The molecule has 5 heteroatoms. The summed E-state index contributed by atoms with van der Waals surface area (Å²) in [5.41, 5.74) is 7.45. The van der Waals surface area contributed by atoms with Gasteiger partial charge in [-0.05, 0) is 36.6 Å². The van der Waals surface area contributed by atoms with E-state index in [2.05, 4.69) is 23.4 Å². The molecule has 1 unspecified atom stereocenters. The number of benzene rings is 1. The Morgan fingerprint density at radius 1 is 1.42 bits per heavy atom. The van der Waals surface area contributed by atoms with E-state index in [-0.39, 0.29) is 11.9 Å². The minimum absolute atomic E-state index is 0.144. The molecule has 0 amide bonds. The molecular weight excluding hydrogens is 261 g/mol. The summed E-state index contributed by atoms with van der Waals surface area (Å²) < 4.78 is 15.3. The Balaban J connectivity index is 2.03. The van der Waals surface area contributed by atoms with E-state index in [1.165, 1.54) is 17.0 Å². The van der Waals surface area contributed by atoms with Crippen molar-refractivity contribution in [2.75, 3.05) is 5.73 Å². The molecular formula is C14H14FN3S. The summed E-state index contributed by atoms with van der Waals surface area (Å²) in [7, 11) is 0. The van der Waals surface area contributed by atoms with Crippen LogP contribution in [0.4, 0.5) is 10.3 Å². The molecule has 0 aliphatic heterocycles. The van der Waals surface area contributed by atoms with Gasteiger partial charge in [-0.1, -0.05) is 6.07 Å². The molecule has 2 aromatic heterocycles. The number of hydrogen-bond donors (Lipinski definition) is 1. The Bertz CT molecular complexity index is 703. The van der Waals surface area contributed by atoms with Crippen LogP contribution in [0.3, 0.4) is 0 Å². The van der Waals surface area contributed by atoms with Gasteiger partial charge in [0.2, 0.25) is 5.95 Å². The second-order valence-electron chi connectivity index (χ2n) is 4.61. The number of fused-ring (bicyclic) bond motifs is 1. The number of nitrogens with zero attached hydrogens (tertiary/aromatic N) is 2. The van der Waals surface area contributed by atoms with Crippen LogP contribution in [0.5, 0.6) is 0 Å². The Hall–Kier alpha value is -1.88. The first-order valence-electron chi connectivity index (χ1n) is 6.10. The lowest BCUT2D eigenvalue weighted by Gasteiger charge is -2.15. The molecule has 1 atom stereocenters. The molecule has 0 radical (unpaired) electrons. The molecule has 3 nitrogen and oxygen atoms in total. The van der Waals surface area contributed by atoms with Gasteiger partial charge in [0.25, 0.3) is 0 Å². The van der Waals surface area contributed by atoms with E-state index >= 15 is 0 Å². The zero-order valence-electron chi connectivity index (χ0n) is 10.5. The van der Waals surface area contributed by atoms with Crippen LogP contribution >= 0.6 is 11.3 Å². The van der Waals surface area contributed by atoms with Gasteiger partial charge in [0.1, 0.15) is 5.82 Å².